The minimum absolute atomic E-state index is 0.653. The maximum Gasteiger partial charge on any atom is 0.328 e. The molecule has 1 N–H and O–H groups in total. The molecular formula is C17H22N2O2. The largest absolute Gasteiger partial charge is 0.478 e. The number of carboxylic acids is 1. The van der Waals surface area contributed by atoms with Crippen molar-refractivity contribution in [2.24, 2.45) is 5.92 Å². The van der Waals surface area contributed by atoms with E-state index in [1.165, 1.54) is 38.5 Å². The van der Waals surface area contributed by atoms with Gasteiger partial charge in [-0.05, 0) is 55.4 Å². The highest BCUT2D eigenvalue weighted by Crippen LogP contribution is 2.37. The van der Waals surface area contributed by atoms with Crippen molar-refractivity contribution in [3.8, 4) is 0 Å². The lowest BCUT2D eigenvalue weighted by atomic mass is 9.78. The zero-order chi connectivity index (χ0) is 14.7. The molecule has 2 heterocycles. The van der Waals surface area contributed by atoms with Gasteiger partial charge in [-0.2, -0.15) is 0 Å². The van der Waals surface area contributed by atoms with Crippen molar-refractivity contribution in [1.29, 1.82) is 0 Å². The van der Waals surface area contributed by atoms with Gasteiger partial charge in [0.25, 0.3) is 0 Å². The van der Waals surface area contributed by atoms with Gasteiger partial charge in [-0.15, -0.1) is 0 Å². The molecule has 21 heavy (non-hydrogen) atoms. The van der Waals surface area contributed by atoms with Crippen LogP contribution in [0.5, 0.6) is 0 Å². The lowest BCUT2D eigenvalue weighted by Gasteiger charge is -2.44. The van der Waals surface area contributed by atoms with E-state index in [4.69, 9.17) is 5.11 Å². The summed E-state index contributed by atoms with van der Waals surface area (Å²) in [5.41, 5.74) is 0.832. The number of carbonyl (C=O) groups is 1. The third kappa shape index (κ3) is 3.26. The normalized spacial score (nSPS) is 25.8. The molecule has 2 atom stereocenters. The van der Waals surface area contributed by atoms with Gasteiger partial charge in [0, 0.05) is 24.9 Å². The number of hydrogen-bond acceptors (Lipinski definition) is 3. The molecule has 112 valence electrons. The van der Waals surface area contributed by atoms with Gasteiger partial charge in [-0.1, -0.05) is 12.8 Å². The van der Waals surface area contributed by atoms with Crippen LogP contribution < -0.4 is 4.90 Å². The highest BCUT2D eigenvalue weighted by Gasteiger charge is 2.33. The topological polar surface area (TPSA) is 53.4 Å². The summed E-state index contributed by atoms with van der Waals surface area (Å²) in [5.74, 6) is 0.945. The molecule has 1 saturated carbocycles. The number of nitrogens with zero attached hydrogens (tertiary/aromatic N) is 2. The molecule has 0 radical (unpaired) electrons. The van der Waals surface area contributed by atoms with Crippen LogP contribution >= 0.6 is 0 Å². The summed E-state index contributed by atoms with van der Waals surface area (Å²) in [6.45, 7) is 1.10. The van der Waals surface area contributed by atoms with Crippen molar-refractivity contribution in [3.63, 3.8) is 0 Å². The second kappa shape index (κ2) is 6.29. The highest BCUT2D eigenvalue weighted by atomic mass is 16.4. The fourth-order valence-corrected chi connectivity index (χ4v) is 3.74. The number of pyridine rings is 1. The van der Waals surface area contributed by atoms with Crippen molar-refractivity contribution in [1.82, 2.24) is 4.98 Å². The fourth-order valence-electron chi connectivity index (χ4n) is 3.74. The first-order chi connectivity index (χ1) is 10.2. The molecule has 0 bridgehead atoms. The van der Waals surface area contributed by atoms with E-state index in [9.17, 15) is 4.79 Å². The summed E-state index contributed by atoms with van der Waals surface area (Å²) in [7, 11) is 0. The Morgan fingerprint density at radius 1 is 1.24 bits per heavy atom. The van der Waals surface area contributed by atoms with Gasteiger partial charge in [0.2, 0.25) is 0 Å². The Hall–Kier alpha value is -1.84. The number of carboxylic acid groups (broad SMARTS) is 1. The summed E-state index contributed by atoms with van der Waals surface area (Å²) in [4.78, 5) is 17.6. The summed E-state index contributed by atoms with van der Waals surface area (Å²) in [5, 5.41) is 8.65. The molecular weight excluding hydrogens is 264 g/mol. The maximum atomic E-state index is 10.5. The SMILES string of the molecule is O=C(O)/C=C/c1ccc(N2CCCC3CCCCC32)nc1. The van der Waals surface area contributed by atoms with Crippen LogP contribution in [0.25, 0.3) is 6.08 Å². The van der Waals surface area contributed by atoms with Crippen molar-refractivity contribution in [3.05, 3.63) is 30.0 Å². The Morgan fingerprint density at radius 2 is 2.05 bits per heavy atom. The van der Waals surface area contributed by atoms with E-state index < -0.39 is 5.97 Å². The third-order valence-corrected chi connectivity index (χ3v) is 4.73. The number of aromatic nitrogens is 1. The Kier molecular flexibility index (Phi) is 4.23. The van der Waals surface area contributed by atoms with Crippen molar-refractivity contribution >= 4 is 17.9 Å². The summed E-state index contributed by atoms with van der Waals surface area (Å²) < 4.78 is 0. The first-order valence-corrected chi connectivity index (χ1v) is 7.88. The minimum atomic E-state index is -0.930. The van der Waals surface area contributed by atoms with E-state index in [1.54, 1.807) is 12.3 Å². The number of anilines is 1. The molecule has 1 aromatic rings. The Balaban J connectivity index is 1.75. The summed E-state index contributed by atoms with van der Waals surface area (Å²) in [6, 6.07) is 4.63. The van der Waals surface area contributed by atoms with Crippen LogP contribution in [0.2, 0.25) is 0 Å². The first-order valence-electron chi connectivity index (χ1n) is 7.88. The number of hydrogen-bond donors (Lipinski definition) is 1. The molecule has 0 aromatic carbocycles. The zero-order valence-electron chi connectivity index (χ0n) is 12.2. The lowest BCUT2D eigenvalue weighted by Crippen LogP contribution is -2.47. The lowest BCUT2D eigenvalue weighted by molar-refractivity contribution is -0.131. The monoisotopic (exact) mass is 286 g/mol. The number of fused-ring (bicyclic) bond motifs is 1. The number of rotatable bonds is 3. The molecule has 4 nitrogen and oxygen atoms in total. The maximum absolute atomic E-state index is 10.5. The van der Waals surface area contributed by atoms with Crippen LogP contribution in [-0.2, 0) is 4.79 Å². The minimum Gasteiger partial charge on any atom is -0.478 e. The predicted molar refractivity (Wildman–Crippen MR) is 83.2 cm³/mol. The van der Waals surface area contributed by atoms with E-state index in [0.717, 1.165) is 29.9 Å². The molecule has 1 saturated heterocycles. The Labute approximate surface area is 125 Å². The van der Waals surface area contributed by atoms with E-state index in [1.807, 2.05) is 12.1 Å². The average Bonchev–Trinajstić information content (AvgIpc) is 2.53. The van der Waals surface area contributed by atoms with E-state index >= 15 is 0 Å². The number of piperidine rings is 1. The van der Waals surface area contributed by atoms with Gasteiger partial charge in [0.1, 0.15) is 5.82 Å². The molecule has 1 aromatic heterocycles. The van der Waals surface area contributed by atoms with Crippen molar-refractivity contribution in [2.45, 2.75) is 44.6 Å². The van der Waals surface area contributed by atoms with Crippen molar-refractivity contribution < 1.29 is 9.90 Å². The van der Waals surface area contributed by atoms with E-state index in [2.05, 4.69) is 9.88 Å². The average molecular weight is 286 g/mol. The number of aliphatic carboxylic acids is 1. The first kappa shape index (κ1) is 14.1. The molecule has 2 fully saturated rings. The molecule has 1 aliphatic carbocycles. The van der Waals surface area contributed by atoms with Crippen LogP contribution in [0.3, 0.4) is 0 Å². The molecule has 0 spiro atoms. The smallest absolute Gasteiger partial charge is 0.328 e. The molecule has 2 aliphatic rings. The summed E-state index contributed by atoms with van der Waals surface area (Å²) >= 11 is 0. The van der Waals surface area contributed by atoms with E-state index in [-0.39, 0.29) is 0 Å². The Morgan fingerprint density at radius 3 is 2.81 bits per heavy atom. The van der Waals surface area contributed by atoms with Gasteiger partial charge in [-0.3, -0.25) is 0 Å². The third-order valence-electron chi connectivity index (χ3n) is 4.73. The van der Waals surface area contributed by atoms with Crippen LogP contribution in [0.4, 0.5) is 5.82 Å². The van der Waals surface area contributed by atoms with Gasteiger partial charge >= 0.3 is 5.97 Å². The zero-order valence-corrected chi connectivity index (χ0v) is 12.2. The van der Waals surface area contributed by atoms with Gasteiger partial charge in [0.15, 0.2) is 0 Å². The summed E-state index contributed by atoms with van der Waals surface area (Å²) in [6.07, 6.45) is 12.5. The predicted octanol–water partition coefficient (Wildman–Crippen LogP) is 3.34. The molecule has 2 unspecified atom stereocenters. The fraction of sp³-hybridized carbons (Fsp3) is 0.529. The molecule has 4 heteroatoms. The Bertz CT molecular complexity index is 522. The van der Waals surface area contributed by atoms with Crippen LogP contribution in [0.1, 0.15) is 44.1 Å². The van der Waals surface area contributed by atoms with Crippen molar-refractivity contribution in [2.75, 3.05) is 11.4 Å². The van der Waals surface area contributed by atoms with E-state index in [0.29, 0.717) is 6.04 Å². The standard InChI is InChI=1S/C17H22N2O2/c20-17(21)10-8-13-7-9-16(18-12-13)19-11-3-5-14-4-1-2-6-15(14)19/h7-10,12,14-15H,1-6,11H2,(H,20,21)/b10-8+. The van der Waals surface area contributed by atoms with Gasteiger partial charge < -0.3 is 10.0 Å². The van der Waals surface area contributed by atoms with Crippen LogP contribution in [-0.4, -0.2) is 28.6 Å². The van der Waals surface area contributed by atoms with Gasteiger partial charge in [0.05, 0.1) is 0 Å². The molecule has 3 rings (SSSR count). The quantitative estimate of drug-likeness (QED) is 0.866. The highest BCUT2D eigenvalue weighted by molar-refractivity contribution is 5.85. The second-order valence-electron chi connectivity index (χ2n) is 6.07. The van der Waals surface area contributed by atoms with Crippen LogP contribution in [0, 0.1) is 5.92 Å². The molecule has 0 amide bonds. The van der Waals surface area contributed by atoms with Gasteiger partial charge in [-0.25, -0.2) is 9.78 Å². The van der Waals surface area contributed by atoms with Crippen LogP contribution in [0.15, 0.2) is 24.4 Å². The molecule has 1 aliphatic heterocycles. The second-order valence-corrected chi connectivity index (χ2v) is 6.07.